The number of nitrogens with one attached hydrogen (secondary N) is 1. The molecule has 2 N–H and O–H groups in total. The second-order valence-electron chi connectivity index (χ2n) is 4.98. The minimum absolute atomic E-state index is 0.110. The Hall–Kier alpha value is 0.270. The minimum atomic E-state index is 0.110. The van der Waals surface area contributed by atoms with Crippen molar-refractivity contribution in [1.29, 1.82) is 0 Å². The third-order valence-corrected chi connectivity index (χ3v) is 5.38. The number of rotatable bonds is 7. The molecule has 1 saturated heterocycles. The topological polar surface area (TPSA) is 32.3 Å². The molecule has 1 aliphatic heterocycles. The second kappa shape index (κ2) is 7.57. The first-order valence-electron chi connectivity index (χ1n) is 6.69. The van der Waals surface area contributed by atoms with Crippen LogP contribution in [0.2, 0.25) is 0 Å². The summed E-state index contributed by atoms with van der Waals surface area (Å²) >= 11 is 2.11. The summed E-state index contributed by atoms with van der Waals surface area (Å²) in [5.41, 5.74) is 0.110. The van der Waals surface area contributed by atoms with Gasteiger partial charge in [0.1, 0.15) is 0 Å². The molecule has 3 heteroatoms. The van der Waals surface area contributed by atoms with Crippen LogP contribution in [-0.4, -0.2) is 35.8 Å². The molecule has 1 unspecified atom stereocenters. The molecule has 16 heavy (non-hydrogen) atoms. The lowest BCUT2D eigenvalue weighted by Gasteiger charge is -2.31. The number of aliphatic hydroxyl groups is 1. The third-order valence-electron chi connectivity index (χ3n) is 3.98. The average Bonchev–Trinajstić information content (AvgIpc) is 2.37. The average molecular weight is 245 g/mol. The van der Waals surface area contributed by atoms with Crippen LogP contribution < -0.4 is 5.32 Å². The van der Waals surface area contributed by atoms with E-state index < -0.39 is 0 Å². The highest BCUT2D eigenvalue weighted by Gasteiger charge is 2.25. The van der Waals surface area contributed by atoms with Gasteiger partial charge in [-0.3, -0.25) is 0 Å². The van der Waals surface area contributed by atoms with Gasteiger partial charge in [0.15, 0.2) is 0 Å². The normalized spacial score (nSPS) is 22.3. The number of hydrogen-bond acceptors (Lipinski definition) is 3. The summed E-state index contributed by atoms with van der Waals surface area (Å²) in [6.45, 7) is 6.75. The summed E-state index contributed by atoms with van der Waals surface area (Å²) < 4.78 is 0. The van der Waals surface area contributed by atoms with Gasteiger partial charge < -0.3 is 10.4 Å². The monoisotopic (exact) mass is 245 g/mol. The van der Waals surface area contributed by atoms with Gasteiger partial charge in [-0.2, -0.15) is 11.8 Å². The van der Waals surface area contributed by atoms with Gasteiger partial charge in [0.25, 0.3) is 0 Å². The zero-order chi connectivity index (χ0) is 11.9. The highest BCUT2D eigenvalue weighted by molar-refractivity contribution is 7.99. The van der Waals surface area contributed by atoms with Gasteiger partial charge in [-0.25, -0.2) is 0 Å². The van der Waals surface area contributed by atoms with E-state index in [0.29, 0.717) is 6.61 Å². The molecule has 0 saturated carbocycles. The van der Waals surface area contributed by atoms with Crippen molar-refractivity contribution in [3.05, 3.63) is 0 Å². The Morgan fingerprint density at radius 3 is 2.56 bits per heavy atom. The Kier molecular flexibility index (Phi) is 6.78. The fourth-order valence-corrected chi connectivity index (χ4v) is 3.52. The van der Waals surface area contributed by atoms with Crippen LogP contribution in [0.3, 0.4) is 0 Å². The van der Waals surface area contributed by atoms with Crippen LogP contribution in [0.15, 0.2) is 0 Å². The molecule has 1 aliphatic rings. The molecular formula is C13H27NOS. The molecule has 0 aromatic heterocycles. The van der Waals surface area contributed by atoms with E-state index in [4.69, 9.17) is 0 Å². The van der Waals surface area contributed by atoms with Gasteiger partial charge in [0, 0.05) is 30.4 Å². The zero-order valence-electron chi connectivity index (χ0n) is 10.8. The third kappa shape index (κ3) is 4.27. The van der Waals surface area contributed by atoms with Crippen molar-refractivity contribution in [2.24, 2.45) is 5.41 Å². The van der Waals surface area contributed by atoms with E-state index in [9.17, 15) is 5.11 Å². The summed E-state index contributed by atoms with van der Waals surface area (Å²) in [5, 5.41) is 13.8. The maximum atomic E-state index is 9.47. The van der Waals surface area contributed by atoms with Crippen molar-refractivity contribution in [2.75, 3.05) is 25.4 Å². The summed E-state index contributed by atoms with van der Waals surface area (Å²) in [5.74, 6) is 1.33. The van der Waals surface area contributed by atoms with E-state index in [-0.39, 0.29) is 5.41 Å². The predicted octanol–water partition coefficient (Wildman–Crippen LogP) is 2.66. The molecule has 96 valence electrons. The maximum absolute atomic E-state index is 9.47. The lowest BCUT2D eigenvalue weighted by molar-refractivity contribution is 0.113. The largest absolute Gasteiger partial charge is 0.396 e. The zero-order valence-corrected chi connectivity index (χ0v) is 11.6. The first-order valence-corrected chi connectivity index (χ1v) is 7.74. The Labute approximate surface area is 105 Å². The van der Waals surface area contributed by atoms with E-state index >= 15 is 0 Å². The van der Waals surface area contributed by atoms with Crippen LogP contribution in [0, 0.1) is 5.41 Å². The molecule has 0 bridgehead atoms. The molecule has 1 fully saturated rings. The van der Waals surface area contributed by atoms with Gasteiger partial charge in [-0.05, 0) is 31.4 Å². The van der Waals surface area contributed by atoms with Gasteiger partial charge >= 0.3 is 0 Å². The number of aliphatic hydroxyl groups excluding tert-OH is 1. The van der Waals surface area contributed by atoms with Crippen LogP contribution in [0.5, 0.6) is 0 Å². The molecule has 0 radical (unpaired) electrons. The highest BCUT2D eigenvalue weighted by Crippen LogP contribution is 2.26. The van der Waals surface area contributed by atoms with Crippen molar-refractivity contribution in [1.82, 2.24) is 5.32 Å². The summed E-state index contributed by atoms with van der Waals surface area (Å²) in [6.07, 6.45) is 6.27. The SMILES string of the molecule is CCC(CC)(CO)CNCC1CCCCS1. The molecule has 0 aromatic carbocycles. The summed E-state index contributed by atoms with van der Waals surface area (Å²) in [6, 6.07) is 0. The number of thioether (sulfide) groups is 1. The van der Waals surface area contributed by atoms with Gasteiger partial charge in [-0.1, -0.05) is 20.3 Å². The van der Waals surface area contributed by atoms with E-state index in [1.165, 1.54) is 25.0 Å². The van der Waals surface area contributed by atoms with E-state index in [0.717, 1.165) is 31.2 Å². The quantitative estimate of drug-likeness (QED) is 0.723. The Morgan fingerprint density at radius 2 is 2.06 bits per heavy atom. The fourth-order valence-electron chi connectivity index (χ4n) is 2.25. The van der Waals surface area contributed by atoms with Crippen molar-refractivity contribution in [3.63, 3.8) is 0 Å². The smallest absolute Gasteiger partial charge is 0.0499 e. The van der Waals surface area contributed by atoms with Gasteiger partial charge in [0.05, 0.1) is 0 Å². The molecule has 1 atom stereocenters. The second-order valence-corrected chi connectivity index (χ2v) is 6.39. The van der Waals surface area contributed by atoms with E-state index in [1.807, 2.05) is 0 Å². The number of hydrogen-bond donors (Lipinski definition) is 2. The van der Waals surface area contributed by atoms with Crippen LogP contribution in [-0.2, 0) is 0 Å². The van der Waals surface area contributed by atoms with Gasteiger partial charge in [-0.15, -0.1) is 0 Å². The first kappa shape index (κ1) is 14.3. The molecule has 1 heterocycles. The molecular weight excluding hydrogens is 218 g/mol. The summed E-state index contributed by atoms with van der Waals surface area (Å²) in [4.78, 5) is 0. The van der Waals surface area contributed by atoms with Crippen molar-refractivity contribution < 1.29 is 5.11 Å². The first-order chi connectivity index (χ1) is 7.76. The molecule has 1 rings (SSSR count). The van der Waals surface area contributed by atoms with Crippen molar-refractivity contribution in [3.8, 4) is 0 Å². The molecule has 0 aromatic rings. The predicted molar refractivity (Wildman–Crippen MR) is 73.1 cm³/mol. The summed E-state index contributed by atoms with van der Waals surface area (Å²) in [7, 11) is 0. The molecule has 0 amide bonds. The molecule has 0 aliphatic carbocycles. The minimum Gasteiger partial charge on any atom is -0.396 e. The lowest BCUT2D eigenvalue weighted by Crippen LogP contribution is -2.39. The molecule has 0 spiro atoms. The maximum Gasteiger partial charge on any atom is 0.0499 e. The lowest BCUT2D eigenvalue weighted by atomic mass is 9.83. The van der Waals surface area contributed by atoms with Crippen LogP contribution in [0.1, 0.15) is 46.0 Å². The Bertz CT molecular complexity index is 169. The molecule has 2 nitrogen and oxygen atoms in total. The highest BCUT2D eigenvalue weighted by atomic mass is 32.2. The van der Waals surface area contributed by atoms with Crippen molar-refractivity contribution >= 4 is 11.8 Å². The standard InChI is InChI=1S/C13H27NOS/c1-3-13(4-2,11-15)10-14-9-12-7-5-6-8-16-12/h12,14-15H,3-11H2,1-2H3. The van der Waals surface area contributed by atoms with E-state index in [2.05, 4.69) is 30.9 Å². The van der Waals surface area contributed by atoms with Crippen LogP contribution in [0.25, 0.3) is 0 Å². The van der Waals surface area contributed by atoms with Crippen LogP contribution in [0.4, 0.5) is 0 Å². The van der Waals surface area contributed by atoms with Crippen LogP contribution >= 0.6 is 11.8 Å². The van der Waals surface area contributed by atoms with E-state index in [1.54, 1.807) is 0 Å². The fraction of sp³-hybridized carbons (Fsp3) is 1.00. The van der Waals surface area contributed by atoms with Crippen molar-refractivity contribution in [2.45, 2.75) is 51.2 Å². The van der Waals surface area contributed by atoms with Gasteiger partial charge in [0.2, 0.25) is 0 Å². The Balaban J connectivity index is 2.21. The Morgan fingerprint density at radius 1 is 1.31 bits per heavy atom.